The number of amides is 2. The molecule has 0 bridgehead atoms. The molecule has 1 saturated heterocycles. The average Bonchev–Trinajstić information content (AvgIpc) is 2.95. The van der Waals surface area contributed by atoms with E-state index in [1.807, 2.05) is 13.0 Å². The molecular weight excluding hydrogens is 508 g/mol. The molecule has 1 heterocycles. The zero-order valence-corrected chi connectivity index (χ0v) is 18.9. The Morgan fingerprint density at radius 3 is 2.69 bits per heavy atom. The van der Waals surface area contributed by atoms with Gasteiger partial charge in [-0.3, -0.25) is 14.5 Å². The van der Waals surface area contributed by atoms with Crippen LogP contribution in [0, 0.1) is 9.39 Å². The molecule has 0 atom stereocenters. The van der Waals surface area contributed by atoms with Gasteiger partial charge in [0.25, 0.3) is 11.1 Å². The van der Waals surface area contributed by atoms with Gasteiger partial charge in [-0.2, -0.15) is 0 Å². The van der Waals surface area contributed by atoms with Crippen LogP contribution in [0.5, 0.6) is 11.5 Å². The third-order valence-corrected chi connectivity index (χ3v) is 5.91. The Morgan fingerprint density at radius 2 is 2.00 bits per heavy atom. The van der Waals surface area contributed by atoms with E-state index in [1.165, 1.54) is 18.1 Å². The molecule has 5 nitrogen and oxygen atoms in total. The number of nitrogens with zero attached hydrogens (tertiary/aromatic N) is 1. The van der Waals surface area contributed by atoms with Gasteiger partial charge < -0.3 is 9.47 Å². The number of rotatable bonds is 7. The van der Waals surface area contributed by atoms with Gasteiger partial charge in [0.05, 0.1) is 15.6 Å². The summed E-state index contributed by atoms with van der Waals surface area (Å²) in [5, 5.41) is -0.255. The lowest BCUT2D eigenvalue weighted by atomic mass is 10.1. The maximum atomic E-state index is 13.8. The second kappa shape index (κ2) is 9.62. The second-order valence-electron chi connectivity index (χ2n) is 6.25. The SMILES string of the molecule is CCCN1C(=O)S/C(=C/c2cc(I)c(OCc3ccccc3F)c(OC)c2)C1=O. The molecule has 3 rings (SSSR count). The third kappa shape index (κ3) is 4.92. The van der Waals surface area contributed by atoms with Crippen molar-refractivity contribution in [1.82, 2.24) is 4.90 Å². The summed E-state index contributed by atoms with van der Waals surface area (Å²) in [5.41, 5.74) is 1.16. The molecule has 0 aromatic heterocycles. The van der Waals surface area contributed by atoms with Gasteiger partial charge in [0, 0.05) is 12.1 Å². The molecule has 0 saturated carbocycles. The lowest BCUT2D eigenvalue weighted by Crippen LogP contribution is -2.28. The summed E-state index contributed by atoms with van der Waals surface area (Å²) >= 11 is 3.03. The molecule has 0 aliphatic carbocycles. The van der Waals surface area contributed by atoms with E-state index in [0.717, 1.165) is 15.3 Å². The van der Waals surface area contributed by atoms with Crippen LogP contribution < -0.4 is 9.47 Å². The maximum Gasteiger partial charge on any atom is 0.293 e. The van der Waals surface area contributed by atoms with Crippen LogP contribution in [0.15, 0.2) is 41.3 Å². The van der Waals surface area contributed by atoms with Crippen molar-refractivity contribution >= 4 is 51.6 Å². The molecule has 2 aromatic carbocycles. The number of halogens is 2. The van der Waals surface area contributed by atoms with Crippen molar-refractivity contribution in [3.05, 3.63) is 61.8 Å². The standard InChI is InChI=1S/C21H19FINO4S/c1-3-8-24-20(25)18(29-21(24)26)11-13-9-16(23)19(17(10-13)27-2)28-12-14-6-4-5-7-15(14)22/h4-7,9-11H,3,8,12H2,1-2H3/b18-11+. The summed E-state index contributed by atoms with van der Waals surface area (Å²) in [4.78, 5) is 26.1. The summed E-state index contributed by atoms with van der Waals surface area (Å²) in [6.07, 6.45) is 2.39. The van der Waals surface area contributed by atoms with E-state index in [4.69, 9.17) is 9.47 Å². The number of ether oxygens (including phenoxy) is 2. The number of hydrogen-bond donors (Lipinski definition) is 0. The second-order valence-corrected chi connectivity index (χ2v) is 8.40. The van der Waals surface area contributed by atoms with Crippen LogP contribution >= 0.6 is 34.4 Å². The van der Waals surface area contributed by atoms with E-state index in [0.29, 0.717) is 40.5 Å². The largest absolute Gasteiger partial charge is 0.493 e. The van der Waals surface area contributed by atoms with Crippen LogP contribution in [0.1, 0.15) is 24.5 Å². The van der Waals surface area contributed by atoms with Crippen LogP contribution in [0.2, 0.25) is 0 Å². The summed E-state index contributed by atoms with van der Waals surface area (Å²) in [7, 11) is 1.51. The van der Waals surface area contributed by atoms with Gasteiger partial charge in [-0.25, -0.2) is 4.39 Å². The van der Waals surface area contributed by atoms with Crippen LogP contribution in [-0.4, -0.2) is 29.7 Å². The Labute approximate surface area is 186 Å². The minimum atomic E-state index is -0.333. The molecular formula is C21H19FINO4S. The normalized spacial score (nSPS) is 15.3. The number of methoxy groups -OCH3 is 1. The predicted octanol–water partition coefficient (Wildman–Crippen LogP) is 5.46. The van der Waals surface area contributed by atoms with Crippen molar-refractivity contribution in [1.29, 1.82) is 0 Å². The summed E-state index contributed by atoms with van der Waals surface area (Å²) in [6.45, 7) is 2.39. The van der Waals surface area contributed by atoms with Crippen LogP contribution in [0.25, 0.3) is 6.08 Å². The molecule has 0 unspecified atom stereocenters. The van der Waals surface area contributed by atoms with Gasteiger partial charge in [-0.05, 0) is 70.6 Å². The topological polar surface area (TPSA) is 55.8 Å². The quantitative estimate of drug-likeness (QED) is 0.354. The molecule has 1 fully saturated rings. The van der Waals surface area contributed by atoms with E-state index >= 15 is 0 Å². The average molecular weight is 527 g/mol. The fraction of sp³-hybridized carbons (Fsp3) is 0.238. The van der Waals surface area contributed by atoms with Gasteiger partial charge in [0.15, 0.2) is 11.5 Å². The molecule has 29 heavy (non-hydrogen) atoms. The van der Waals surface area contributed by atoms with E-state index < -0.39 is 0 Å². The highest BCUT2D eigenvalue weighted by atomic mass is 127. The number of thioether (sulfide) groups is 1. The third-order valence-electron chi connectivity index (χ3n) is 4.20. The zero-order valence-electron chi connectivity index (χ0n) is 15.9. The molecule has 2 amide bonds. The number of hydrogen-bond acceptors (Lipinski definition) is 5. The van der Waals surface area contributed by atoms with E-state index in [-0.39, 0.29) is 23.6 Å². The molecule has 0 radical (unpaired) electrons. The number of carbonyl (C=O) groups excluding carboxylic acids is 2. The zero-order chi connectivity index (χ0) is 21.0. The van der Waals surface area contributed by atoms with E-state index in [2.05, 4.69) is 22.6 Å². The minimum Gasteiger partial charge on any atom is -0.493 e. The summed E-state index contributed by atoms with van der Waals surface area (Å²) < 4.78 is 25.8. The van der Waals surface area contributed by atoms with E-state index in [1.54, 1.807) is 30.3 Å². The molecule has 0 spiro atoms. The van der Waals surface area contributed by atoms with Crippen molar-refractivity contribution in [2.75, 3.05) is 13.7 Å². The predicted molar refractivity (Wildman–Crippen MR) is 119 cm³/mol. The lowest BCUT2D eigenvalue weighted by molar-refractivity contribution is -0.122. The first-order valence-electron chi connectivity index (χ1n) is 8.93. The highest BCUT2D eigenvalue weighted by molar-refractivity contribution is 14.1. The molecule has 0 N–H and O–H groups in total. The first kappa shape index (κ1) is 21.6. The molecule has 1 aliphatic rings. The Morgan fingerprint density at radius 1 is 1.24 bits per heavy atom. The Hall–Kier alpha value is -2.07. The van der Waals surface area contributed by atoms with Gasteiger partial charge in [0.2, 0.25) is 0 Å². The molecule has 8 heteroatoms. The Balaban J connectivity index is 1.84. The monoisotopic (exact) mass is 527 g/mol. The fourth-order valence-corrected chi connectivity index (χ4v) is 4.44. The van der Waals surface area contributed by atoms with Gasteiger partial charge >= 0.3 is 0 Å². The number of benzene rings is 2. The van der Waals surface area contributed by atoms with Crippen molar-refractivity contribution in [3.63, 3.8) is 0 Å². The fourth-order valence-electron chi connectivity index (χ4n) is 2.80. The van der Waals surface area contributed by atoms with Crippen molar-refractivity contribution in [2.45, 2.75) is 20.0 Å². The summed E-state index contributed by atoms with van der Waals surface area (Å²) in [6, 6.07) is 9.98. The van der Waals surface area contributed by atoms with Crippen LogP contribution in [0.3, 0.4) is 0 Å². The molecule has 2 aromatic rings. The van der Waals surface area contributed by atoms with Gasteiger partial charge in [-0.15, -0.1) is 0 Å². The highest BCUT2D eigenvalue weighted by Crippen LogP contribution is 2.37. The first-order valence-corrected chi connectivity index (χ1v) is 10.8. The van der Waals surface area contributed by atoms with Gasteiger partial charge in [0.1, 0.15) is 12.4 Å². The Kier molecular flexibility index (Phi) is 7.18. The van der Waals surface area contributed by atoms with E-state index in [9.17, 15) is 14.0 Å². The van der Waals surface area contributed by atoms with Crippen LogP contribution in [0.4, 0.5) is 9.18 Å². The van der Waals surface area contributed by atoms with Crippen molar-refractivity contribution in [3.8, 4) is 11.5 Å². The lowest BCUT2D eigenvalue weighted by Gasteiger charge is -2.14. The Bertz CT molecular complexity index is 979. The highest BCUT2D eigenvalue weighted by Gasteiger charge is 2.34. The van der Waals surface area contributed by atoms with Crippen LogP contribution in [-0.2, 0) is 11.4 Å². The maximum absolute atomic E-state index is 13.8. The van der Waals surface area contributed by atoms with Crippen molar-refractivity contribution in [2.24, 2.45) is 0 Å². The van der Waals surface area contributed by atoms with Gasteiger partial charge in [-0.1, -0.05) is 25.1 Å². The first-order chi connectivity index (χ1) is 13.9. The van der Waals surface area contributed by atoms with Crippen molar-refractivity contribution < 1.29 is 23.5 Å². The minimum absolute atomic E-state index is 0.0638. The smallest absolute Gasteiger partial charge is 0.293 e. The molecule has 152 valence electrons. The number of imide groups is 1. The summed E-state index contributed by atoms with van der Waals surface area (Å²) in [5.74, 6) is 0.344. The number of carbonyl (C=O) groups is 2. The molecule has 1 aliphatic heterocycles.